The molecule has 150 valence electrons. The highest BCUT2D eigenvalue weighted by Gasteiger charge is 2.13. The summed E-state index contributed by atoms with van der Waals surface area (Å²) in [6, 6.07) is 12.4. The molecule has 0 saturated carbocycles. The average Bonchev–Trinajstić information content (AvgIpc) is 2.74. The van der Waals surface area contributed by atoms with Gasteiger partial charge < -0.3 is 14.2 Å². The molecular weight excluding hydrogens is 385 g/mol. The van der Waals surface area contributed by atoms with E-state index < -0.39 is 23.4 Å². The van der Waals surface area contributed by atoms with Crippen molar-refractivity contribution in [3.63, 3.8) is 0 Å². The third-order valence-electron chi connectivity index (χ3n) is 4.27. The van der Waals surface area contributed by atoms with Gasteiger partial charge in [0.15, 0.2) is 11.6 Å². The zero-order valence-electron chi connectivity index (χ0n) is 15.7. The molecule has 0 unspecified atom stereocenters. The van der Waals surface area contributed by atoms with Gasteiger partial charge >= 0.3 is 5.97 Å². The van der Waals surface area contributed by atoms with Crippen LogP contribution in [0.25, 0.3) is 11.1 Å². The normalized spacial score (nSPS) is 10.5. The number of methoxy groups -OCH3 is 2. The molecule has 0 saturated heterocycles. The molecule has 0 atom stereocenters. The molecule has 4 nitrogen and oxygen atoms in total. The Hall–Kier alpha value is -3.48. The lowest BCUT2D eigenvalue weighted by Gasteiger charge is -2.11. The van der Waals surface area contributed by atoms with Crippen molar-refractivity contribution in [1.82, 2.24) is 0 Å². The highest BCUT2D eigenvalue weighted by Crippen LogP contribution is 2.33. The molecule has 0 fully saturated rings. The number of ether oxygens (including phenoxy) is 3. The second-order valence-electron chi connectivity index (χ2n) is 6.08. The Balaban J connectivity index is 1.77. The van der Waals surface area contributed by atoms with Crippen molar-refractivity contribution >= 4 is 5.97 Å². The Morgan fingerprint density at radius 2 is 1.55 bits per heavy atom. The number of carbonyl (C=O) groups is 1. The van der Waals surface area contributed by atoms with Crippen LogP contribution in [0.3, 0.4) is 0 Å². The van der Waals surface area contributed by atoms with Gasteiger partial charge in [0, 0.05) is 17.2 Å². The van der Waals surface area contributed by atoms with Crippen LogP contribution in [0.5, 0.6) is 11.5 Å². The van der Waals surface area contributed by atoms with Crippen LogP contribution in [0.1, 0.15) is 15.9 Å². The fourth-order valence-corrected chi connectivity index (χ4v) is 2.75. The fourth-order valence-electron chi connectivity index (χ4n) is 2.75. The lowest BCUT2D eigenvalue weighted by atomic mass is 10.0. The summed E-state index contributed by atoms with van der Waals surface area (Å²) in [5.74, 6) is -2.45. The average molecular weight is 402 g/mol. The van der Waals surface area contributed by atoms with E-state index >= 15 is 0 Å². The van der Waals surface area contributed by atoms with E-state index in [-0.39, 0.29) is 23.5 Å². The van der Waals surface area contributed by atoms with E-state index in [0.717, 1.165) is 12.1 Å². The van der Waals surface area contributed by atoms with Gasteiger partial charge in [-0.05, 0) is 42.0 Å². The standard InChI is InChI=1S/C22H17F3O4/c1-27-21-11-20(25)19(24)10-17(21)13-3-6-16(7-4-13)29-12-15-9-14(22(26)28-2)5-8-18(15)23/h3-11H,12H2,1-2H3. The van der Waals surface area contributed by atoms with Gasteiger partial charge in [-0.15, -0.1) is 0 Å². The van der Waals surface area contributed by atoms with Gasteiger partial charge in [0.1, 0.15) is 23.9 Å². The van der Waals surface area contributed by atoms with Crippen molar-refractivity contribution in [3.05, 3.63) is 83.2 Å². The lowest BCUT2D eigenvalue weighted by Crippen LogP contribution is -2.05. The van der Waals surface area contributed by atoms with Crippen LogP contribution < -0.4 is 9.47 Å². The second-order valence-corrected chi connectivity index (χ2v) is 6.08. The first-order valence-electron chi connectivity index (χ1n) is 8.56. The van der Waals surface area contributed by atoms with Gasteiger partial charge in [-0.2, -0.15) is 0 Å². The van der Waals surface area contributed by atoms with Crippen molar-refractivity contribution < 1.29 is 32.2 Å². The highest BCUT2D eigenvalue weighted by molar-refractivity contribution is 5.89. The summed E-state index contributed by atoms with van der Waals surface area (Å²) in [6.45, 7) is -0.107. The molecule has 0 amide bonds. The topological polar surface area (TPSA) is 44.8 Å². The molecule has 0 aliphatic carbocycles. The molecule has 0 N–H and O–H groups in total. The van der Waals surface area contributed by atoms with Gasteiger partial charge in [0.25, 0.3) is 0 Å². The smallest absolute Gasteiger partial charge is 0.337 e. The Labute approximate surface area is 165 Å². The molecular formula is C22H17F3O4. The van der Waals surface area contributed by atoms with Crippen LogP contribution in [0.2, 0.25) is 0 Å². The number of benzene rings is 3. The van der Waals surface area contributed by atoms with Crippen LogP contribution in [0.15, 0.2) is 54.6 Å². The zero-order valence-corrected chi connectivity index (χ0v) is 15.7. The number of rotatable bonds is 6. The van der Waals surface area contributed by atoms with Crippen molar-refractivity contribution in [2.75, 3.05) is 14.2 Å². The largest absolute Gasteiger partial charge is 0.496 e. The van der Waals surface area contributed by atoms with Crippen molar-refractivity contribution in [3.8, 4) is 22.6 Å². The number of carbonyl (C=O) groups excluding carboxylic acids is 1. The van der Waals surface area contributed by atoms with Crippen LogP contribution in [-0.2, 0) is 11.3 Å². The first-order valence-corrected chi connectivity index (χ1v) is 8.56. The molecule has 7 heteroatoms. The van der Waals surface area contributed by atoms with Crippen molar-refractivity contribution in [1.29, 1.82) is 0 Å². The summed E-state index contributed by atoms with van der Waals surface area (Å²) < 4.78 is 56.3. The molecule has 0 radical (unpaired) electrons. The highest BCUT2D eigenvalue weighted by atomic mass is 19.2. The summed E-state index contributed by atoms with van der Waals surface area (Å²) in [7, 11) is 2.61. The minimum atomic E-state index is -0.998. The minimum Gasteiger partial charge on any atom is -0.496 e. The van der Waals surface area contributed by atoms with Gasteiger partial charge in [-0.3, -0.25) is 0 Å². The number of hydrogen-bond acceptors (Lipinski definition) is 4. The third-order valence-corrected chi connectivity index (χ3v) is 4.27. The molecule has 3 aromatic rings. The molecule has 29 heavy (non-hydrogen) atoms. The Bertz CT molecular complexity index is 1030. The van der Waals surface area contributed by atoms with Crippen molar-refractivity contribution in [2.24, 2.45) is 0 Å². The van der Waals surface area contributed by atoms with Crippen LogP contribution in [0, 0.1) is 17.5 Å². The molecule has 3 rings (SSSR count). The zero-order chi connectivity index (χ0) is 21.0. The van der Waals surface area contributed by atoms with Crippen molar-refractivity contribution in [2.45, 2.75) is 6.61 Å². The number of hydrogen-bond donors (Lipinski definition) is 0. The van der Waals surface area contributed by atoms with E-state index in [9.17, 15) is 18.0 Å². The van der Waals surface area contributed by atoms with Gasteiger partial charge in [-0.25, -0.2) is 18.0 Å². The summed E-state index contributed by atoms with van der Waals surface area (Å²) in [6.07, 6.45) is 0. The summed E-state index contributed by atoms with van der Waals surface area (Å²) in [4.78, 5) is 11.6. The maximum atomic E-state index is 14.0. The van der Waals surface area contributed by atoms with Crippen LogP contribution >= 0.6 is 0 Å². The van der Waals surface area contributed by atoms with Crippen LogP contribution in [0.4, 0.5) is 13.2 Å². The molecule has 0 aromatic heterocycles. The fraction of sp³-hybridized carbons (Fsp3) is 0.136. The first-order chi connectivity index (χ1) is 13.9. The second kappa shape index (κ2) is 8.68. The molecule has 0 heterocycles. The summed E-state index contributed by atoms with van der Waals surface area (Å²) in [5, 5.41) is 0. The maximum absolute atomic E-state index is 14.0. The van der Waals surface area contributed by atoms with E-state index in [1.807, 2.05) is 0 Å². The Morgan fingerprint density at radius 3 is 2.21 bits per heavy atom. The monoisotopic (exact) mass is 402 g/mol. The van der Waals surface area contributed by atoms with Gasteiger partial charge in [0.2, 0.25) is 0 Å². The minimum absolute atomic E-state index is 0.107. The Kier molecular flexibility index (Phi) is 6.07. The van der Waals surface area contributed by atoms with Crippen LogP contribution in [-0.4, -0.2) is 20.2 Å². The van der Waals surface area contributed by atoms with E-state index in [1.54, 1.807) is 24.3 Å². The molecule has 0 bridgehead atoms. The van der Waals surface area contributed by atoms with E-state index in [0.29, 0.717) is 16.9 Å². The predicted octanol–water partition coefficient (Wildman–Crippen LogP) is 5.15. The molecule has 3 aromatic carbocycles. The van der Waals surface area contributed by atoms with Gasteiger partial charge in [-0.1, -0.05) is 12.1 Å². The van der Waals surface area contributed by atoms with E-state index in [1.165, 1.54) is 32.4 Å². The SMILES string of the molecule is COC(=O)c1ccc(F)c(COc2ccc(-c3cc(F)c(F)cc3OC)cc2)c1. The molecule has 0 spiro atoms. The van der Waals surface area contributed by atoms with E-state index in [2.05, 4.69) is 4.74 Å². The van der Waals surface area contributed by atoms with Gasteiger partial charge in [0.05, 0.1) is 19.8 Å². The first kappa shape index (κ1) is 20.3. The summed E-state index contributed by atoms with van der Waals surface area (Å²) in [5.41, 5.74) is 1.38. The molecule has 0 aliphatic rings. The quantitative estimate of drug-likeness (QED) is 0.536. The molecule has 0 aliphatic heterocycles. The number of halogens is 3. The Morgan fingerprint density at radius 1 is 0.862 bits per heavy atom. The summed E-state index contributed by atoms with van der Waals surface area (Å²) >= 11 is 0. The number of esters is 1. The third kappa shape index (κ3) is 4.51. The predicted molar refractivity (Wildman–Crippen MR) is 100 cm³/mol. The van der Waals surface area contributed by atoms with E-state index in [4.69, 9.17) is 9.47 Å². The maximum Gasteiger partial charge on any atom is 0.337 e. The lowest BCUT2D eigenvalue weighted by molar-refractivity contribution is 0.0600.